The van der Waals surface area contributed by atoms with Crippen molar-refractivity contribution >= 4 is 22.4 Å². The van der Waals surface area contributed by atoms with Gasteiger partial charge in [0.1, 0.15) is 11.6 Å². The van der Waals surface area contributed by atoms with E-state index in [-0.39, 0.29) is 5.56 Å². The van der Waals surface area contributed by atoms with Crippen LogP contribution in [0.3, 0.4) is 0 Å². The molecule has 7 heteroatoms. The van der Waals surface area contributed by atoms with Gasteiger partial charge in [-0.15, -0.1) is 11.3 Å². The van der Waals surface area contributed by atoms with Gasteiger partial charge in [-0.3, -0.25) is 10.1 Å². The van der Waals surface area contributed by atoms with E-state index in [1.54, 1.807) is 29.6 Å². The molecule has 3 aromatic rings. The minimum atomic E-state index is -0.822. The van der Waals surface area contributed by atoms with E-state index in [0.717, 1.165) is 17.7 Å². The van der Waals surface area contributed by atoms with Gasteiger partial charge in [-0.1, -0.05) is 12.1 Å². The fraction of sp³-hybridized carbons (Fsp3) is 0. The van der Waals surface area contributed by atoms with Crippen LogP contribution in [-0.2, 0) is 0 Å². The molecule has 0 radical (unpaired) electrons. The van der Waals surface area contributed by atoms with E-state index in [0.29, 0.717) is 22.5 Å². The summed E-state index contributed by atoms with van der Waals surface area (Å²) in [4.78, 5) is 16.3. The largest absolute Gasteiger partial charge is 0.298 e. The Morgan fingerprint density at radius 3 is 2.42 bits per heavy atom. The number of nitriles is 1. The molecule has 1 heterocycles. The Labute approximate surface area is 140 Å². The minimum absolute atomic E-state index is 0.123. The van der Waals surface area contributed by atoms with Gasteiger partial charge in [0.25, 0.3) is 5.91 Å². The van der Waals surface area contributed by atoms with Gasteiger partial charge in [-0.05, 0) is 24.3 Å². The lowest BCUT2D eigenvalue weighted by Crippen LogP contribution is -2.12. The SMILES string of the molecule is N#Cc1ccc(-c2csc(NC(=O)c3cc(F)cc(F)c3)n2)cc1. The highest BCUT2D eigenvalue weighted by molar-refractivity contribution is 7.14. The molecule has 0 saturated heterocycles. The predicted molar refractivity (Wildman–Crippen MR) is 86.6 cm³/mol. The molecule has 0 spiro atoms. The normalized spacial score (nSPS) is 10.2. The van der Waals surface area contributed by atoms with Crippen molar-refractivity contribution in [2.75, 3.05) is 5.32 Å². The molecule has 2 aromatic carbocycles. The topological polar surface area (TPSA) is 65.8 Å². The van der Waals surface area contributed by atoms with Crippen LogP contribution in [0.4, 0.5) is 13.9 Å². The number of hydrogen-bond acceptors (Lipinski definition) is 4. The zero-order chi connectivity index (χ0) is 17.1. The van der Waals surface area contributed by atoms with Crippen LogP contribution in [0, 0.1) is 23.0 Å². The average molecular weight is 341 g/mol. The van der Waals surface area contributed by atoms with Gasteiger partial charge < -0.3 is 0 Å². The summed E-state index contributed by atoms with van der Waals surface area (Å²) in [5.41, 5.74) is 1.84. The quantitative estimate of drug-likeness (QED) is 0.776. The van der Waals surface area contributed by atoms with Crippen LogP contribution in [0.5, 0.6) is 0 Å². The fourth-order valence-electron chi connectivity index (χ4n) is 2.03. The van der Waals surface area contributed by atoms with E-state index in [1.807, 2.05) is 6.07 Å². The number of rotatable bonds is 3. The van der Waals surface area contributed by atoms with Crippen LogP contribution in [0.25, 0.3) is 11.3 Å². The van der Waals surface area contributed by atoms with Crippen LogP contribution >= 0.6 is 11.3 Å². The number of aromatic nitrogens is 1. The van der Waals surface area contributed by atoms with Gasteiger partial charge in [0.15, 0.2) is 5.13 Å². The van der Waals surface area contributed by atoms with Crippen molar-refractivity contribution in [1.82, 2.24) is 4.98 Å². The van der Waals surface area contributed by atoms with E-state index in [1.165, 1.54) is 11.3 Å². The summed E-state index contributed by atoms with van der Waals surface area (Å²) in [5, 5.41) is 13.3. The summed E-state index contributed by atoms with van der Waals surface area (Å²) in [6.07, 6.45) is 0. The Bertz CT molecular complexity index is 925. The lowest BCUT2D eigenvalue weighted by Gasteiger charge is -2.02. The van der Waals surface area contributed by atoms with Crippen molar-refractivity contribution < 1.29 is 13.6 Å². The summed E-state index contributed by atoms with van der Waals surface area (Å²) in [6, 6.07) is 11.5. The van der Waals surface area contributed by atoms with Crippen molar-refractivity contribution in [2.45, 2.75) is 0 Å². The number of halogens is 2. The molecule has 0 aliphatic rings. The summed E-state index contributed by atoms with van der Waals surface area (Å²) in [6.45, 7) is 0. The van der Waals surface area contributed by atoms with Crippen LogP contribution in [0.1, 0.15) is 15.9 Å². The van der Waals surface area contributed by atoms with Gasteiger partial charge in [-0.25, -0.2) is 13.8 Å². The molecule has 0 aliphatic carbocycles. The first-order valence-electron chi connectivity index (χ1n) is 6.78. The first-order valence-corrected chi connectivity index (χ1v) is 7.66. The molecule has 3 rings (SSSR count). The maximum atomic E-state index is 13.2. The Morgan fingerprint density at radius 1 is 1.12 bits per heavy atom. The molecule has 0 saturated carbocycles. The lowest BCUT2D eigenvalue weighted by atomic mass is 10.1. The van der Waals surface area contributed by atoms with Crippen LogP contribution in [0.2, 0.25) is 0 Å². The average Bonchev–Trinajstić information content (AvgIpc) is 3.02. The number of anilines is 1. The van der Waals surface area contributed by atoms with Crippen molar-refractivity contribution in [3.63, 3.8) is 0 Å². The third-order valence-corrected chi connectivity index (χ3v) is 3.92. The summed E-state index contributed by atoms with van der Waals surface area (Å²) in [5.74, 6) is -2.29. The molecule has 0 atom stereocenters. The second-order valence-corrected chi connectivity index (χ2v) is 5.70. The van der Waals surface area contributed by atoms with Gasteiger partial charge in [-0.2, -0.15) is 5.26 Å². The molecule has 0 fully saturated rings. The first kappa shape index (κ1) is 15.8. The number of nitrogens with zero attached hydrogens (tertiary/aromatic N) is 2. The number of thiazole rings is 1. The number of carbonyl (C=O) groups excluding carboxylic acids is 1. The van der Waals surface area contributed by atoms with E-state index in [4.69, 9.17) is 5.26 Å². The molecule has 0 aliphatic heterocycles. The number of amides is 1. The Balaban J connectivity index is 1.78. The third-order valence-electron chi connectivity index (χ3n) is 3.16. The second kappa shape index (κ2) is 6.56. The van der Waals surface area contributed by atoms with E-state index < -0.39 is 17.5 Å². The molecular formula is C17H9F2N3OS. The molecule has 118 valence electrons. The smallest absolute Gasteiger partial charge is 0.257 e. The zero-order valence-corrected chi connectivity index (χ0v) is 12.9. The second-order valence-electron chi connectivity index (χ2n) is 4.84. The standard InChI is InChI=1S/C17H9F2N3OS/c18-13-5-12(6-14(19)7-13)16(23)22-17-21-15(9-24-17)11-3-1-10(8-20)2-4-11/h1-7,9H,(H,21,22,23). The molecule has 4 nitrogen and oxygen atoms in total. The van der Waals surface area contributed by atoms with Crippen molar-refractivity contribution in [3.8, 4) is 17.3 Å². The van der Waals surface area contributed by atoms with E-state index in [2.05, 4.69) is 10.3 Å². The van der Waals surface area contributed by atoms with E-state index >= 15 is 0 Å². The van der Waals surface area contributed by atoms with Crippen molar-refractivity contribution in [1.29, 1.82) is 5.26 Å². The van der Waals surface area contributed by atoms with Crippen LogP contribution in [0.15, 0.2) is 47.8 Å². The fourth-order valence-corrected chi connectivity index (χ4v) is 2.75. The third kappa shape index (κ3) is 3.45. The zero-order valence-electron chi connectivity index (χ0n) is 12.1. The summed E-state index contributed by atoms with van der Waals surface area (Å²) < 4.78 is 26.3. The van der Waals surface area contributed by atoms with E-state index in [9.17, 15) is 13.6 Å². The predicted octanol–water partition coefficient (Wildman–Crippen LogP) is 4.21. The number of benzene rings is 2. The van der Waals surface area contributed by atoms with Gasteiger partial charge in [0, 0.05) is 22.6 Å². The Morgan fingerprint density at radius 2 is 1.79 bits per heavy atom. The molecule has 1 N–H and O–H groups in total. The maximum Gasteiger partial charge on any atom is 0.257 e. The van der Waals surface area contributed by atoms with Crippen LogP contribution < -0.4 is 5.32 Å². The number of carbonyl (C=O) groups is 1. The lowest BCUT2D eigenvalue weighted by molar-refractivity contribution is 0.102. The molecule has 0 bridgehead atoms. The molecule has 24 heavy (non-hydrogen) atoms. The highest BCUT2D eigenvalue weighted by Crippen LogP contribution is 2.25. The highest BCUT2D eigenvalue weighted by atomic mass is 32.1. The Kier molecular flexibility index (Phi) is 4.31. The van der Waals surface area contributed by atoms with Gasteiger partial charge >= 0.3 is 0 Å². The maximum absolute atomic E-state index is 13.2. The summed E-state index contributed by atoms with van der Waals surface area (Å²) >= 11 is 1.19. The molecule has 1 aromatic heterocycles. The molecular weight excluding hydrogens is 332 g/mol. The first-order chi connectivity index (χ1) is 11.5. The molecule has 0 unspecified atom stereocenters. The highest BCUT2D eigenvalue weighted by Gasteiger charge is 2.12. The molecule has 1 amide bonds. The van der Waals surface area contributed by atoms with Crippen molar-refractivity contribution in [2.24, 2.45) is 0 Å². The van der Waals surface area contributed by atoms with Gasteiger partial charge in [0.05, 0.1) is 17.3 Å². The minimum Gasteiger partial charge on any atom is -0.298 e. The van der Waals surface area contributed by atoms with Gasteiger partial charge in [0.2, 0.25) is 0 Å². The van der Waals surface area contributed by atoms with Crippen LogP contribution in [-0.4, -0.2) is 10.9 Å². The monoisotopic (exact) mass is 341 g/mol. The number of hydrogen-bond donors (Lipinski definition) is 1. The van der Waals surface area contributed by atoms with Crippen molar-refractivity contribution in [3.05, 3.63) is 70.6 Å². The summed E-state index contributed by atoms with van der Waals surface area (Å²) in [7, 11) is 0. The Hall–Kier alpha value is -3.11. The number of nitrogens with one attached hydrogen (secondary N) is 1.